The first-order valence-corrected chi connectivity index (χ1v) is 8.13. The quantitative estimate of drug-likeness (QED) is 0.864. The summed E-state index contributed by atoms with van der Waals surface area (Å²) in [5.74, 6) is 0.718. The SMILES string of the molecule is COc1cc(Cl)ccc1C(C)Nc1cc(C(=O)N(C)C)ccc1C. The van der Waals surface area contributed by atoms with Gasteiger partial charge >= 0.3 is 0 Å². The van der Waals surface area contributed by atoms with Crippen molar-refractivity contribution >= 4 is 23.2 Å². The summed E-state index contributed by atoms with van der Waals surface area (Å²) in [5, 5.41) is 4.10. The highest BCUT2D eigenvalue weighted by Gasteiger charge is 2.15. The topological polar surface area (TPSA) is 41.6 Å². The molecule has 0 heterocycles. The number of rotatable bonds is 5. The van der Waals surface area contributed by atoms with Crippen LogP contribution in [0.2, 0.25) is 5.02 Å². The van der Waals surface area contributed by atoms with Crippen LogP contribution in [0.5, 0.6) is 5.75 Å². The minimum atomic E-state index is -0.0187. The number of hydrogen-bond donors (Lipinski definition) is 1. The molecule has 2 aromatic carbocycles. The second-order valence-electron chi connectivity index (χ2n) is 5.98. The number of carbonyl (C=O) groups excluding carboxylic acids is 1. The fourth-order valence-electron chi connectivity index (χ4n) is 2.52. The molecular weight excluding hydrogens is 324 g/mol. The van der Waals surface area contributed by atoms with Gasteiger partial charge in [-0.2, -0.15) is 0 Å². The zero-order valence-corrected chi connectivity index (χ0v) is 15.4. The largest absolute Gasteiger partial charge is 0.496 e. The molecule has 1 atom stereocenters. The van der Waals surface area contributed by atoms with Gasteiger partial charge in [0.25, 0.3) is 5.91 Å². The molecule has 0 saturated heterocycles. The lowest BCUT2D eigenvalue weighted by atomic mass is 10.0. The van der Waals surface area contributed by atoms with Crippen LogP contribution in [0, 0.1) is 6.92 Å². The Kier molecular flexibility index (Phi) is 5.73. The van der Waals surface area contributed by atoms with E-state index in [2.05, 4.69) is 5.32 Å². The van der Waals surface area contributed by atoms with Gasteiger partial charge in [-0.15, -0.1) is 0 Å². The van der Waals surface area contributed by atoms with Crippen LogP contribution in [0.1, 0.15) is 34.5 Å². The molecule has 2 aromatic rings. The molecule has 0 aliphatic heterocycles. The van der Waals surface area contributed by atoms with Gasteiger partial charge in [0.2, 0.25) is 0 Å². The summed E-state index contributed by atoms with van der Waals surface area (Å²) in [7, 11) is 5.12. The third-order valence-corrected chi connectivity index (χ3v) is 4.16. The van der Waals surface area contributed by atoms with Crippen LogP contribution < -0.4 is 10.1 Å². The highest BCUT2D eigenvalue weighted by molar-refractivity contribution is 6.30. The Balaban J connectivity index is 2.30. The van der Waals surface area contributed by atoms with Gasteiger partial charge in [0.1, 0.15) is 5.75 Å². The maximum Gasteiger partial charge on any atom is 0.253 e. The second kappa shape index (κ2) is 7.58. The van der Waals surface area contributed by atoms with Gasteiger partial charge in [-0.25, -0.2) is 0 Å². The lowest BCUT2D eigenvalue weighted by Gasteiger charge is -2.21. The Morgan fingerprint density at radius 2 is 1.92 bits per heavy atom. The van der Waals surface area contributed by atoms with E-state index in [-0.39, 0.29) is 11.9 Å². The maximum absolute atomic E-state index is 12.2. The molecule has 0 saturated carbocycles. The van der Waals surface area contributed by atoms with Crippen molar-refractivity contribution in [2.75, 3.05) is 26.5 Å². The smallest absolute Gasteiger partial charge is 0.253 e. The van der Waals surface area contributed by atoms with Crippen molar-refractivity contribution in [3.05, 3.63) is 58.1 Å². The fourth-order valence-corrected chi connectivity index (χ4v) is 2.68. The summed E-state index contributed by atoms with van der Waals surface area (Å²) in [6, 6.07) is 11.3. The first-order chi connectivity index (χ1) is 11.3. The number of nitrogens with zero attached hydrogens (tertiary/aromatic N) is 1. The third kappa shape index (κ3) is 4.01. The Morgan fingerprint density at radius 1 is 1.21 bits per heavy atom. The molecule has 0 aliphatic rings. The summed E-state index contributed by atoms with van der Waals surface area (Å²) < 4.78 is 5.42. The van der Waals surface area contributed by atoms with Crippen LogP contribution >= 0.6 is 11.6 Å². The number of anilines is 1. The Bertz CT molecular complexity index is 744. The number of benzene rings is 2. The second-order valence-corrected chi connectivity index (χ2v) is 6.42. The highest BCUT2D eigenvalue weighted by Crippen LogP contribution is 2.31. The molecule has 0 bridgehead atoms. The normalized spacial score (nSPS) is 11.8. The number of amides is 1. The van der Waals surface area contributed by atoms with Crippen molar-refractivity contribution in [1.82, 2.24) is 4.90 Å². The summed E-state index contributed by atoms with van der Waals surface area (Å²) in [4.78, 5) is 13.7. The van der Waals surface area contributed by atoms with Crippen LogP contribution in [-0.4, -0.2) is 32.0 Å². The standard InChI is InChI=1S/C19H23ClN2O2/c1-12-6-7-14(19(23)22(3)4)10-17(12)21-13(2)16-9-8-15(20)11-18(16)24-5/h6-11,13,21H,1-5H3. The first kappa shape index (κ1) is 18.1. The van der Waals surface area contributed by atoms with Crippen molar-refractivity contribution in [2.45, 2.75) is 19.9 Å². The van der Waals surface area contributed by atoms with Crippen LogP contribution in [0.3, 0.4) is 0 Å². The number of ether oxygens (including phenoxy) is 1. The molecule has 1 N–H and O–H groups in total. The van der Waals surface area contributed by atoms with Gasteiger partial charge in [0.15, 0.2) is 0 Å². The molecule has 0 aromatic heterocycles. The predicted octanol–water partition coefficient (Wildman–Crippen LogP) is 4.53. The molecule has 128 valence electrons. The minimum absolute atomic E-state index is 0.000579. The Morgan fingerprint density at radius 3 is 2.54 bits per heavy atom. The molecule has 1 unspecified atom stereocenters. The number of nitrogens with one attached hydrogen (secondary N) is 1. The van der Waals surface area contributed by atoms with E-state index in [0.717, 1.165) is 22.6 Å². The number of aryl methyl sites for hydroxylation is 1. The van der Waals surface area contributed by atoms with Crippen LogP contribution in [-0.2, 0) is 0 Å². The van der Waals surface area contributed by atoms with Crippen molar-refractivity contribution < 1.29 is 9.53 Å². The monoisotopic (exact) mass is 346 g/mol. The van der Waals surface area contributed by atoms with Crippen LogP contribution in [0.4, 0.5) is 5.69 Å². The maximum atomic E-state index is 12.2. The summed E-state index contributed by atoms with van der Waals surface area (Å²) in [6.45, 7) is 4.06. The van der Waals surface area contributed by atoms with Crippen LogP contribution in [0.15, 0.2) is 36.4 Å². The number of halogens is 1. The average Bonchev–Trinajstić information content (AvgIpc) is 2.55. The summed E-state index contributed by atoms with van der Waals surface area (Å²) in [5.41, 5.74) is 3.66. The van der Waals surface area contributed by atoms with E-state index >= 15 is 0 Å². The predicted molar refractivity (Wildman–Crippen MR) is 99.2 cm³/mol. The minimum Gasteiger partial charge on any atom is -0.496 e. The van der Waals surface area contributed by atoms with E-state index in [0.29, 0.717) is 10.6 Å². The molecule has 2 rings (SSSR count). The van der Waals surface area contributed by atoms with Gasteiger partial charge in [-0.05, 0) is 43.7 Å². The molecule has 24 heavy (non-hydrogen) atoms. The van der Waals surface area contributed by atoms with Crippen molar-refractivity contribution in [3.63, 3.8) is 0 Å². The van der Waals surface area contributed by atoms with E-state index in [1.54, 1.807) is 32.2 Å². The van der Waals surface area contributed by atoms with Gasteiger partial charge in [-0.3, -0.25) is 4.79 Å². The molecule has 5 heteroatoms. The highest BCUT2D eigenvalue weighted by atomic mass is 35.5. The fraction of sp³-hybridized carbons (Fsp3) is 0.316. The molecular formula is C19H23ClN2O2. The van der Waals surface area contributed by atoms with Crippen molar-refractivity contribution in [1.29, 1.82) is 0 Å². The molecule has 0 spiro atoms. The van der Waals surface area contributed by atoms with Gasteiger partial charge in [-0.1, -0.05) is 23.7 Å². The number of hydrogen-bond acceptors (Lipinski definition) is 3. The Labute approximate surface area is 148 Å². The van der Waals surface area contributed by atoms with Crippen molar-refractivity contribution in [2.24, 2.45) is 0 Å². The zero-order chi connectivity index (χ0) is 17.9. The average molecular weight is 347 g/mol. The summed E-state index contributed by atoms with van der Waals surface area (Å²) in [6.07, 6.45) is 0. The van der Waals surface area contributed by atoms with E-state index in [9.17, 15) is 4.79 Å². The van der Waals surface area contributed by atoms with E-state index in [1.165, 1.54) is 0 Å². The Hall–Kier alpha value is -2.20. The first-order valence-electron chi connectivity index (χ1n) is 7.75. The van der Waals surface area contributed by atoms with Gasteiger partial charge < -0.3 is 15.0 Å². The van der Waals surface area contributed by atoms with E-state index in [4.69, 9.17) is 16.3 Å². The molecule has 4 nitrogen and oxygen atoms in total. The van der Waals surface area contributed by atoms with Gasteiger partial charge in [0, 0.05) is 35.9 Å². The molecule has 0 radical (unpaired) electrons. The number of methoxy groups -OCH3 is 1. The lowest BCUT2D eigenvalue weighted by molar-refractivity contribution is 0.0827. The van der Waals surface area contributed by atoms with Gasteiger partial charge in [0.05, 0.1) is 13.2 Å². The van der Waals surface area contributed by atoms with E-state index in [1.807, 2.05) is 44.2 Å². The van der Waals surface area contributed by atoms with Crippen molar-refractivity contribution in [3.8, 4) is 5.75 Å². The zero-order valence-electron chi connectivity index (χ0n) is 14.7. The van der Waals surface area contributed by atoms with Crippen LogP contribution in [0.25, 0.3) is 0 Å². The molecule has 1 amide bonds. The summed E-state index contributed by atoms with van der Waals surface area (Å²) >= 11 is 6.03. The molecule has 0 fully saturated rings. The lowest BCUT2D eigenvalue weighted by Crippen LogP contribution is -2.22. The number of carbonyl (C=O) groups is 1. The third-order valence-electron chi connectivity index (χ3n) is 3.92. The molecule has 0 aliphatic carbocycles. The van der Waals surface area contributed by atoms with E-state index < -0.39 is 0 Å².